The molecule has 8 heteroatoms. The van der Waals surface area contributed by atoms with Crippen LogP contribution in [-0.4, -0.2) is 55.1 Å². The number of carbonyl (C=O) groups is 2. The molecule has 7 nitrogen and oxygen atoms in total. The lowest BCUT2D eigenvalue weighted by Gasteiger charge is -2.33. The summed E-state index contributed by atoms with van der Waals surface area (Å²) in [7, 11) is -2.51. The molecule has 0 spiro atoms. The summed E-state index contributed by atoms with van der Waals surface area (Å²) in [5.74, 6) is -0.719. The average molecular weight is 536 g/mol. The summed E-state index contributed by atoms with van der Waals surface area (Å²) in [6, 6.07) is 24.5. The highest BCUT2D eigenvalue weighted by atomic mass is 32.2. The molecule has 3 rings (SSSR count). The number of nitrogens with one attached hydrogen (secondary N) is 1. The first-order valence-corrected chi connectivity index (χ1v) is 14.3. The first-order valence-electron chi connectivity index (χ1n) is 12.8. The predicted molar refractivity (Wildman–Crippen MR) is 150 cm³/mol. The van der Waals surface area contributed by atoms with Gasteiger partial charge in [-0.05, 0) is 43.5 Å². The molecule has 38 heavy (non-hydrogen) atoms. The van der Waals surface area contributed by atoms with Gasteiger partial charge in [-0.25, -0.2) is 8.42 Å². The fourth-order valence-electron chi connectivity index (χ4n) is 4.03. The fraction of sp³-hybridized carbons (Fsp3) is 0.333. The van der Waals surface area contributed by atoms with Crippen molar-refractivity contribution in [2.24, 2.45) is 0 Å². The second-order valence-electron chi connectivity index (χ2n) is 9.60. The van der Waals surface area contributed by atoms with Crippen LogP contribution in [0.15, 0.2) is 89.8 Å². The number of hydrogen-bond donors (Lipinski definition) is 1. The summed E-state index contributed by atoms with van der Waals surface area (Å²) in [5, 5.41) is 3.02. The maximum atomic E-state index is 13.8. The Morgan fingerprint density at radius 1 is 0.868 bits per heavy atom. The lowest BCUT2D eigenvalue weighted by atomic mass is 10.0. The molecule has 0 fully saturated rings. The van der Waals surface area contributed by atoms with Crippen LogP contribution < -0.4 is 5.32 Å². The van der Waals surface area contributed by atoms with Crippen LogP contribution >= 0.6 is 0 Å². The molecule has 0 unspecified atom stereocenters. The van der Waals surface area contributed by atoms with Crippen molar-refractivity contribution >= 4 is 21.8 Å². The van der Waals surface area contributed by atoms with Crippen LogP contribution in [0.4, 0.5) is 0 Å². The number of likely N-dealkylation sites (N-methyl/N-ethyl adjacent to an activating group) is 1. The van der Waals surface area contributed by atoms with E-state index in [1.54, 1.807) is 12.1 Å². The lowest BCUT2D eigenvalue weighted by Crippen LogP contribution is -2.54. The lowest BCUT2D eigenvalue weighted by molar-refractivity contribution is -0.141. The van der Waals surface area contributed by atoms with Crippen molar-refractivity contribution in [2.75, 3.05) is 13.6 Å². The average Bonchev–Trinajstić information content (AvgIpc) is 2.91. The molecule has 0 saturated heterocycles. The molecule has 0 aliphatic rings. The van der Waals surface area contributed by atoms with Crippen molar-refractivity contribution in [1.29, 1.82) is 0 Å². The van der Waals surface area contributed by atoms with Crippen LogP contribution in [0.25, 0.3) is 0 Å². The van der Waals surface area contributed by atoms with E-state index in [2.05, 4.69) is 5.32 Å². The summed E-state index contributed by atoms with van der Waals surface area (Å²) in [5.41, 5.74) is 2.69. The normalized spacial score (nSPS) is 13.1. The molecule has 2 amide bonds. The molecule has 0 heterocycles. The second kappa shape index (κ2) is 13.3. The highest BCUT2D eigenvalue weighted by molar-refractivity contribution is 7.89. The maximum absolute atomic E-state index is 13.8. The molecule has 202 valence electrons. The predicted octanol–water partition coefficient (Wildman–Crippen LogP) is 4.17. The number of benzene rings is 3. The number of amides is 2. The molecule has 0 bridgehead atoms. The summed E-state index contributed by atoms with van der Waals surface area (Å²) in [6.07, 6.45) is 1.05. The summed E-state index contributed by atoms with van der Waals surface area (Å²) in [4.78, 5) is 29.0. The molecular formula is C30H37N3O4S. The van der Waals surface area contributed by atoms with E-state index in [4.69, 9.17) is 0 Å². The smallest absolute Gasteiger partial charge is 0.243 e. The zero-order valence-corrected chi connectivity index (χ0v) is 23.3. The Kier molecular flexibility index (Phi) is 10.2. The first-order chi connectivity index (χ1) is 18.1. The Balaban J connectivity index is 1.95. The maximum Gasteiger partial charge on any atom is 0.243 e. The Morgan fingerprint density at radius 3 is 1.97 bits per heavy atom. The number of hydrogen-bond acceptors (Lipinski definition) is 4. The molecule has 0 saturated carbocycles. The summed E-state index contributed by atoms with van der Waals surface area (Å²) < 4.78 is 27.5. The van der Waals surface area contributed by atoms with Crippen LogP contribution in [-0.2, 0) is 32.6 Å². The number of aryl methyl sites for hydroxylation is 1. The van der Waals surface area contributed by atoms with Crippen molar-refractivity contribution in [2.45, 2.75) is 57.1 Å². The standard InChI is InChI=1S/C30H37N3O4S/c1-5-24(3)31-30(35)28(20-25-12-8-6-9-13-25)33(21-26-14-10-7-11-15-26)29(34)22-32(4)38(36,37)27-18-16-23(2)17-19-27/h6-19,24,28H,5,20-22H2,1-4H3,(H,31,35)/t24-,28+/m1/s1. The molecule has 0 aliphatic carbocycles. The molecule has 0 radical (unpaired) electrons. The van der Waals surface area contributed by atoms with E-state index < -0.39 is 28.5 Å². The Bertz CT molecular complexity index is 1300. The molecular weight excluding hydrogens is 498 g/mol. The zero-order chi connectivity index (χ0) is 27.7. The minimum Gasteiger partial charge on any atom is -0.352 e. The van der Waals surface area contributed by atoms with E-state index in [-0.39, 0.29) is 23.4 Å². The van der Waals surface area contributed by atoms with Crippen molar-refractivity contribution in [3.8, 4) is 0 Å². The number of rotatable bonds is 12. The zero-order valence-electron chi connectivity index (χ0n) is 22.5. The SMILES string of the molecule is CC[C@@H](C)NC(=O)[C@H](Cc1ccccc1)N(Cc1ccccc1)C(=O)CN(C)S(=O)(=O)c1ccc(C)cc1. The molecule has 3 aromatic rings. The van der Waals surface area contributed by atoms with Gasteiger partial charge in [0.15, 0.2) is 0 Å². The molecule has 0 aliphatic heterocycles. The van der Waals surface area contributed by atoms with E-state index in [0.717, 1.165) is 27.4 Å². The number of nitrogens with zero attached hydrogens (tertiary/aromatic N) is 2. The van der Waals surface area contributed by atoms with E-state index in [1.807, 2.05) is 81.4 Å². The van der Waals surface area contributed by atoms with Gasteiger partial charge in [-0.1, -0.05) is 85.3 Å². The largest absolute Gasteiger partial charge is 0.352 e. The molecule has 1 N–H and O–H groups in total. The van der Waals surface area contributed by atoms with Gasteiger partial charge in [0, 0.05) is 26.1 Å². The summed E-state index contributed by atoms with van der Waals surface area (Å²) >= 11 is 0. The number of sulfonamides is 1. The Labute approximate surface area is 226 Å². The van der Waals surface area contributed by atoms with Gasteiger partial charge < -0.3 is 10.2 Å². The van der Waals surface area contributed by atoms with Gasteiger partial charge in [0.1, 0.15) is 6.04 Å². The van der Waals surface area contributed by atoms with Gasteiger partial charge in [-0.15, -0.1) is 0 Å². The highest BCUT2D eigenvalue weighted by Gasteiger charge is 2.33. The number of carbonyl (C=O) groups excluding carboxylic acids is 2. The van der Waals surface area contributed by atoms with Gasteiger partial charge in [-0.2, -0.15) is 4.31 Å². The van der Waals surface area contributed by atoms with Gasteiger partial charge in [0.05, 0.1) is 11.4 Å². The molecule has 0 aromatic heterocycles. The van der Waals surface area contributed by atoms with Crippen LogP contribution in [0.5, 0.6) is 0 Å². The monoisotopic (exact) mass is 535 g/mol. The quantitative estimate of drug-likeness (QED) is 0.377. The van der Waals surface area contributed by atoms with Gasteiger partial charge in [0.2, 0.25) is 21.8 Å². The van der Waals surface area contributed by atoms with Crippen molar-refractivity contribution in [3.63, 3.8) is 0 Å². The van der Waals surface area contributed by atoms with Crippen molar-refractivity contribution in [1.82, 2.24) is 14.5 Å². The third kappa shape index (κ3) is 7.76. The third-order valence-electron chi connectivity index (χ3n) is 6.55. The topological polar surface area (TPSA) is 86.8 Å². The van der Waals surface area contributed by atoms with Crippen LogP contribution in [0.3, 0.4) is 0 Å². The van der Waals surface area contributed by atoms with E-state index in [1.165, 1.54) is 24.1 Å². The van der Waals surface area contributed by atoms with Crippen molar-refractivity contribution in [3.05, 3.63) is 102 Å². The summed E-state index contributed by atoms with van der Waals surface area (Å²) in [6.45, 7) is 5.55. The van der Waals surface area contributed by atoms with E-state index >= 15 is 0 Å². The van der Waals surface area contributed by atoms with Crippen molar-refractivity contribution < 1.29 is 18.0 Å². The molecule has 2 atom stereocenters. The van der Waals surface area contributed by atoms with Crippen LogP contribution in [0.1, 0.15) is 37.0 Å². The molecule has 3 aromatic carbocycles. The van der Waals surface area contributed by atoms with E-state index in [9.17, 15) is 18.0 Å². The van der Waals surface area contributed by atoms with Crippen LogP contribution in [0.2, 0.25) is 0 Å². The third-order valence-corrected chi connectivity index (χ3v) is 8.37. The Morgan fingerprint density at radius 2 is 1.42 bits per heavy atom. The second-order valence-corrected chi connectivity index (χ2v) is 11.6. The van der Waals surface area contributed by atoms with E-state index in [0.29, 0.717) is 6.42 Å². The van der Waals surface area contributed by atoms with Gasteiger partial charge in [0.25, 0.3) is 0 Å². The van der Waals surface area contributed by atoms with Gasteiger partial charge >= 0.3 is 0 Å². The highest BCUT2D eigenvalue weighted by Crippen LogP contribution is 2.18. The Hall–Kier alpha value is -3.49. The van der Waals surface area contributed by atoms with Gasteiger partial charge in [-0.3, -0.25) is 9.59 Å². The fourth-order valence-corrected chi connectivity index (χ4v) is 5.15. The minimum absolute atomic E-state index is 0.0703. The minimum atomic E-state index is -3.90. The van der Waals surface area contributed by atoms with Crippen LogP contribution in [0, 0.1) is 6.92 Å². The first kappa shape index (κ1) is 29.1.